The standard InChI is InChI=1S/C16H23N3O4/c1-3-4-5-15(21)17-6-7-18-8-9-19-11-14(23-2)13(20)10-12(19)16(18)22/h10-11H,3-9H2,1-2H3,(H,17,21). The van der Waals surface area contributed by atoms with Crippen molar-refractivity contribution in [2.24, 2.45) is 0 Å². The molecule has 2 amide bonds. The normalized spacial score (nSPS) is 13.7. The first-order valence-corrected chi connectivity index (χ1v) is 7.91. The van der Waals surface area contributed by atoms with Crippen LogP contribution in [0.3, 0.4) is 0 Å². The summed E-state index contributed by atoms with van der Waals surface area (Å²) in [5.41, 5.74) is 0.0566. The fourth-order valence-electron chi connectivity index (χ4n) is 2.54. The van der Waals surface area contributed by atoms with Gasteiger partial charge in [0.25, 0.3) is 5.91 Å². The summed E-state index contributed by atoms with van der Waals surface area (Å²) in [6, 6.07) is 1.31. The molecule has 23 heavy (non-hydrogen) atoms. The Bertz CT molecular complexity index is 639. The average molecular weight is 321 g/mol. The molecule has 126 valence electrons. The van der Waals surface area contributed by atoms with Crippen LogP contribution in [0, 0.1) is 0 Å². The number of carbonyl (C=O) groups excluding carboxylic acids is 2. The molecule has 1 aliphatic rings. The number of hydrogen-bond acceptors (Lipinski definition) is 4. The molecular formula is C16H23N3O4. The van der Waals surface area contributed by atoms with Gasteiger partial charge in [-0.1, -0.05) is 13.3 Å². The second-order valence-corrected chi connectivity index (χ2v) is 5.53. The molecule has 7 nitrogen and oxygen atoms in total. The zero-order valence-electron chi connectivity index (χ0n) is 13.6. The van der Waals surface area contributed by atoms with Gasteiger partial charge in [-0.3, -0.25) is 14.4 Å². The number of rotatable bonds is 7. The molecule has 2 heterocycles. The van der Waals surface area contributed by atoms with Crippen molar-refractivity contribution < 1.29 is 14.3 Å². The summed E-state index contributed by atoms with van der Waals surface area (Å²) in [5.74, 6) is 0.0506. The van der Waals surface area contributed by atoms with Crippen LogP contribution in [0.4, 0.5) is 0 Å². The zero-order chi connectivity index (χ0) is 16.8. The number of pyridine rings is 1. The second kappa shape index (κ2) is 7.80. The smallest absolute Gasteiger partial charge is 0.270 e. The van der Waals surface area contributed by atoms with Gasteiger partial charge in [0.2, 0.25) is 11.3 Å². The van der Waals surface area contributed by atoms with Crippen molar-refractivity contribution in [3.63, 3.8) is 0 Å². The van der Waals surface area contributed by atoms with Crippen LogP contribution < -0.4 is 15.5 Å². The van der Waals surface area contributed by atoms with E-state index in [0.717, 1.165) is 12.8 Å². The highest BCUT2D eigenvalue weighted by molar-refractivity contribution is 5.93. The van der Waals surface area contributed by atoms with Gasteiger partial charge in [0.1, 0.15) is 5.69 Å². The summed E-state index contributed by atoms with van der Waals surface area (Å²) >= 11 is 0. The largest absolute Gasteiger partial charge is 0.491 e. The number of nitrogens with zero attached hydrogens (tertiary/aromatic N) is 2. The highest BCUT2D eigenvalue weighted by Crippen LogP contribution is 2.13. The highest BCUT2D eigenvalue weighted by Gasteiger charge is 2.24. The maximum atomic E-state index is 12.4. The van der Waals surface area contributed by atoms with E-state index in [1.54, 1.807) is 15.7 Å². The fraction of sp³-hybridized carbons (Fsp3) is 0.562. The van der Waals surface area contributed by atoms with Crippen LogP contribution in [0.25, 0.3) is 0 Å². The molecule has 1 N–H and O–H groups in total. The fourth-order valence-corrected chi connectivity index (χ4v) is 2.54. The molecular weight excluding hydrogens is 298 g/mol. The Morgan fingerprint density at radius 3 is 2.83 bits per heavy atom. The molecule has 0 atom stereocenters. The molecule has 2 rings (SSSR count). The molecule has 0 saturated carbocycles. The lowest BCUT2D eigenvalue weighted by molar-refractivity contribution is -0.121. The molecule has 0 unspecified atom stereocenters. The Hall–Kier alpha value is -2.31. The molecule has 0 fully saturated rings. The van der Waals surface area contributed by atoms with Gasteiger partial charge in [-0.15, -0.1) is 0 Å². The van der Waals surface area contributed by atoms with Crippen molar-refractivity contribution in [2.75, 3.05) is 26.7 Å². The first-order valence-electron chi connectivity index (χ1n) is 7.91. The summed E-state index contributed by atoms with van der Waals surface area (Å²) in [5, 5.41) is 2.82. The molecule has 0 spiro atoms. The van der Waals surface area contributed by atoms with Gasteiger partial charge < -0.3 is 19.5 Å². The third-order valence-corrected chi connectivity index (χ3v) is 3.89. The molecule has 1 aliphatic heterocycles. The van der Waals surface area contributed by atoms with E-state index in [0.29, 0.717) is 38.3 Å². The molecule has 0 aromatic carbocycles. The van der Waals surface area contributed by atoms with Crippen LogP contribution >= 0.6 is 0 Å². The van der Waals surface area contributed by atoms with Crippen molar-refractivity contribution >= 4 is 11.8 Å². The van der Waals surface area contributed by atoms with Crippen molar-refractivity contribution in [1.29, 1.82) is 0 Å². The number of amides is 2. The third-order valence-electron chi connectivity index (χ3n) is 3.89. The van der Waals surface area contributed by atoms with Crippen LogP contribution in [0.15, 0.2) is 17.1 Å². The topological polar surface area (TPSA) is 80.6 Å². The molecule has 0 aliphatic carbocycles. The van der Waals surface area contributed by atoms with Gasteiger partial charge in [0, 0.05) is 38.7 Å². The second-order valence-electron chi connectivity index (χ2n) is 5.53. The van der Waals surface area contributed by atoms with E-state index in [2.05, 4.69) is 5.32 Å². The van der Waals surface area contributed by atoms with Gasteiger partial charge in [-0.25, -0.2) is 0 Å². The zero-order valence-corrected chi connectivity index (χ0v) is 13.6. The summed E-state index contributed by atoms with van der Waals surface area (Å²) < 4.78 is 6.73. The Morgan fingerprint density at radius 1 is 1.35 bits per heavy atom. The van der Waals surface area contributed by atoms with Crippen molar-refractivity contribution in [2.45, 2.75) is 32.7 Å². The first kappa shape index (κ1) is 17.1. The van der Waals surface area contributed by atoms with Gasteiger partial charge in [0.15, 0.2) is 5.75 Å². The molecule has 1 aromatic rings. The van der Waals surface area contributed by atoms with E-state index in [9.17, 15) is 14.4 Å². The number of carbonyl (C=O) groups is 2. The minimum Gasteiger partial charge on any atom is -0.491 e. The van der Waals surface area contributed by atoms with E-state index >= 15 is 0 Å². The maximum Gasteiger partial charge on any atom is 0.270 e. The van der Waals surface area contributed by atoms with E-state index in [4.69, 9.17) is 4.74 Å². The van der Waals surface area contributed by atoms with Gasteiger partial charge >= 0.3 is 0 Å². The SMILES string of the molecule is CCCCC(=O)NCCN1CCn2cc(OC)c(=O)cc2C1=O. The number of ether oxygens (including phenoxy) is 1. The predicted molar refractivity (Wildman–Crippen MR) is 85.7 cm³/mol. The minimum absolute atomic E-state index is 0.0117. The number of fused-ring (bicyclic) bond motifs is 1. The lowest BCUT2D eigenvalue weighted by Gasteiger charge is -2.30. The number of nitrogens with one attached hydrogen (secondary N) is 1. The third kappa shape index (κ3) is 4.12. The van der Waals surface area contributed by atoms with Gasteiger partial charge in [-0.05, 0) is 6.42 Å². The van der Waals surface area contributed by atoms with E-state index in [-0.39, 0.29) is 23.0 Å². The lowest BCUT2D eigenvalue weighted by Crippen LogP contribution is -2.45. The van der Waals surface area contributed by atoms with E-state index in [1.807, 2.05) is 6.92 Å². The van der Waals surface area contributed by atoms with Crippen LogP contribution in [0.1, 0.15) is 36.7 Å². The van der Waals surface area contributed by atoms with Gasteiger partial charge in [-0.2, -0.15) is 0 Å². The molecule has 0 radical (unpaired) electrons. The van der Waals surface area contributed by atoms with Crippen LogP contribution in [-0.4, -0.2) is 48.0 Å². The van der Waals surface area contributed by atoms with Crippen molar-refractivity contribution in [3.05, 3.63) is 28.2 Å². The maximum absolute atomic E-state index is 12.4. The molecule has 1 aromatic heterocycles. The highest BCUT2D eigenvalue weighted by atomic mass is 16.5. The Balaban J connectivity index is 1.95. The van der Waals surface area contributed by atoms with Crippen LogP contribution in [-0.2, 0) is 11.3 Å². The van der Waals surface area contributed by atoms with Crippen molar-refractivity contribution in [3.8, 4) is 5.75 Å². The summed E-state index contributed by atoms with van der Waals surface area (Å²) in [6.45, 7) is 4.05. The number of methoxy groups -OCH3 is 1. The minimum atomic E-state index is -0.304. The first-order chi connectivity index (χ1) is 11.1. The Kier molecular flexibility index (Phi) is 5.78. The monoisotopic (exact) mass is 321 g/mol. The van der Waals surface area contributed by atoms with Crippen LogP contribution in [0.2, 0.25) is 0 Å². The van der Waals surface area contributed by atoms with Crippen molar-refractivity contribution in [1.82, 2.24) is 14.8 Å². The Morgan fingerprint density at radius 2 is 2.13 bits per heavy atom. The lowest BCUT2D eigenvalue weighted by atomic mass is 10.2. The quantitative estimate of drug-likeness (QED) is 0.798. The van der Waals surface area contributed by atoms with Crippen LogP contribution in [0.5, 0.6) is 5.75 Å². The average Bonchev–Trinajstić information content (AvgIpc) is 2.55. The summed E-state index contributed by atoms with van der Waals surface area (Å²) in [7, 11) is 1.43. The summed E-state index contributed by atoms with van der Waals surface area (Å²) in [6.07, 6.45) is 3.93. The Labute approximate surface area is 135 Å². The number of hydrogen-bond donors (Lipinski definition) is 1. The molecule has 0 bridgehead atoms. The number of unbranched alkanes of at least 4 members (excludes halogenated alkanes) is 1. The molecule has 0 saturated heterocycles. The van der Waals surface area contributed by atoms with E-state index < -0.39 is 0 Å². The van der Waals surface area contributed by atoms with Gasteiger partial charge in [0.05, 0.1) is 13.3 Å². The number of aromatic nitrogens is 1. The van der Waals surface area contributed by atoms with E-state index in [1.165, 1.54) is 13.2 Å². The summed E-state index contributed by atoms with van der Waals surface area (Å²) in [4.78, 5) is 37.5. The molecule has 7 heteroatoms. The predicted octanol–water partition coefficient (Wildman–Crippen LogP) is 0.619.